The van der Waals surface area contributed by atoms with Crippen molar-refractivity contribution in [2.45, 2.75) is 26.3 Å². The van der Waals surface area contributed by atoms with Crippen molar-refractivity contribution >= 4 is 0 Å². The van der Waals surface area contributed by atoms with Gasteiger partial charge in [-0.05, 0) is 67.3 Å². The van der Waals surface area contributed by atoms with Gasteiger partial charge in [0.25, 0.3) is 0 Å². The lowest BCUT2D eigenvalue weighted by atomic mass is 9.82. The standard InChI is InChI=1S/C18H23NO2/c1-12-10-17(21-5)13(2)9-16(12)18(3,19)14-7-6-8-15(11-14)20-4/h6-11H,19H2,1-5H3. The summed E-state index contributed by atoms with van der Waals surface area (Å²) in [6, 6.07) is 12.0. The minimum atomic E-state index is -0.588. The Morgan fingerprint density at radius 2 is 1.67 bits per heavy atom. The fraction of sp³-hybridized carbons (Fsp3) is 0.333. The number of benzene rings is 2. The van der Waals surface area contributed by atoms with Crippen LogP contribution < -0.4 is 15.2 Å². The van der Waals surface area contributed by atoms with E-state index < -0.39 is 5.54 Å². The van der Waals surface area contributed by atoms with Crippen LogP contribution in [-0.4, -0.2) is 14.2 Å². The van der Waals surface area contributed by atoms with Crippen LogP contribution >= 0.6 is 0 Å². The van der Waals surface area contributed by atoms with Crippen molar-refractivity contribution < 1.29 is 9.47 Å². The number of aryl methyl sites for hydroxylation is 2. The molecule has 112 valence electrons. The van der Waals surface area contributed by atoms with Crippen molar-refractivity contribution in [2.24, 2.45) is 5.73 Å². The molecule has 2 aromatic carbocycles. The fourth-order valence-corrected chi connectivity index (χ4v) is 2.67. The Morgan fingerprint density at radius 1 is 0.952 bits per heavy atom. The molecule has 0 aliphatic rings. The average molecular weight is 285 g/mol. The Balaban J connectivity index is 2.55. The third-order valence-electron chi connectivity index (χ3n) is 3.97. The number of methoxy groups -OCH3 is 2. The highest BCUT2D eigenvalue weighted by atomic mass is 16.5. The zero-order chi connectivity index (χ0) is 15.6. The van der Waals surface area contributed by atoms with Crippen LogP contribution in [0, 0.1) is 13.8 Å². The van der Waals surface area contributed by atoms with E-state index >= 15 is 0 Å². The van der Waals surface area contributed by atoms with E-state index in [0.29, 0.717) is 0 Å². The maximum absolute atomic E-state index is 6.65. The van der Waals surface area contributed by atoms with Gasteiger partial charge in [0.2, 0.25) is 0 Å². The minimum Gasteiger partial charge on any atom is -0.497 e. The van der Waals surface area contributed by atoms with Gasteiger partial charge in [-0.25, -0.2) is 0 Å². The third kappa shape index (κ3) is 2.88. The monoisotopic (exact) mass is 285 g/mol. The Bertz CT molecular complexity index is 648. The number of hydrogen-bond donors (Lipinski definition) is 1. The molecule has 0 saturated heterocycles. The number of hydrogen-bond acceptors (Lipinski definition) is 3. The van der Waals surface area contributed by atoms with Crippen molar-refractivity contribution in [3.8, 4) is 11.5 Å². The van der Waals surface area contributed by atoms with Crippen molar-refractivity contribution in [3.05, 3.63) is 58.7 Å². The van der Waals surface area contributed by atoms with Gasteiger partial charge >= 0.3 is 0 Å². The first kappa shape index (κ1) is 15.4. The van der Waals surface area contributed by atoms with Gasteiger partial charge in [0.15, 0.2) is 0 Å². The van der Waals surface area contributed by atoms with E-state index in [1.54, 1.807) is 14.2 Å². The molecule has 21 heavy (non-hydrogen) atoms. The summed E-state index contributed by atoms with van der Waals surface area (Å²) in [5.74, 6) is 1.70. The summed E-state index contributed by atoms with van der Waals surface area (Å²) < 4.78 is 10.7. The van der Waals surface area contributed by atoms with E-state index in [2.05, 4.69) is 13.0 Å². The van der Waals surface area contributed by atoms with E-state index in [1.807, 2.05) is 44.2 Å². The van der Waals surface area contributed by atoms with Crippen molar-refractivity contribution in [1.82, 2.24) is 0 Å². The molecule has 3 heteroatoms. The first-order chi connectivity index (χ1) is 9.90. The van der Waals surface area contributed by atoms with E-state index in [0.717, 1.165) is 33.8 Å². The maximum Gasteiger partial charge on any atom is 0.122 e. The third-order valence-corrected chi connectivity index (χ3v) is 3.97. The Kier molecular flexibility index (Phi) is 4.24. The van der Waals surface area contributed by atoms with Gasteiger partial charge in [-0.15, -0.1) is 0 Å². The van der Waals surface area contributed by atoms with E-state index in [4.69, 9.17) is 15.2 Å². The highest BCUT2D eigenvalue weighted by molar-refractivity contribution is 5.49. The SMILES string of the molecule is COc1cccc(C(C)(N)c2cc(C)c(OC)cc2C)c1. The average Bonchev–Trinajstić information content (AvgIpc) is 2.49. The van der Waals surface area contributed by atoms with Gasteiger partial charge in [0.1, 0.15) is 11.5 Å². The summed E-state index contributed by atoms with van der Waals surface area (Å²) in [5.41, 5.74) is 10.4. The zero-order valence-corrected chi connectivity index (χ0v) is 13.4. The lowest BCUT2D eigenvalue weighted by Crippen LogP contribution is -2.35. The molecular weight excluding hydrogens is 262 g/mol. The summed E-state index contributed by atoms with van der Waals surface area (Å²) in [4.78, 5) is 0. The Morgan fingerprint density at radius 3 is 2.29 bits per heavy atom. The predicted molar refractivity (Wildman–Crippen MR) is 86.1 cm³/mol. The molecule has 0 aromatic heterocycles. The Hall–Kier alpha value is -2.00. The van der Waals surface area contributed by atoms with Crippen LogP contribution in [0.25, 0.3) is 0 Å². The predicted octanol–water partition coefficient (Wildman–Crippen LogP) is 3.54. The molecule has 0 radical (unpaired) electrons. The van der Waals surface area contributed by atoms with Crippen molar-refractivity contribution in [3.63, 3.8) is 0 Å². The quantitative estimate of drug-likeness (QED) is 0.934. The molecule has 0 spiro atoms. The van der Waals surface area contributed by atoms with E-state index in [9.17, 15) is 0 Å². The van der Waals surface area contributed by atoms with Crippen LogP contribution in [0.3, 0.4) is 0 Å². The number of rotatable bonds is 4. The van der Waals surface area contributed by atoms with Gasteiger partial charge in [0.05, 0.1) is 19.8 Å². The molecule has 1 unspecified atom stereocenters. The molecule has 2 aromatic rings. The molecule has 0 bridgehead atoms. The molecule has 3 nitrogen and oxygen atoms in total. The van der Waals surface area contributed by atoms with E-state index in [-0.39, 0.29) is 0 Å². The molecule has 1 atom stereocenters. The molecule has 0 heterocycles. The van der Waals surface area contributed by atoms with Crippen molar-refractivity contribution in [2.75, 3.05) is 14.2 Å². The van der Waals surface area contributed by atoms with Crippen molar-refractivity contribution in [1.29, 1.82) is 0 Å². The Labute approximate surface area is 126 Å². The largest absolute Gasteiger partial charge is 0.497 e. The van der Waals surface area contributed by atoms with E-state index in [1.165, 1.54) is 0 Å². The second kappa shape index (κ2) is 5.78. The molecule has 2 N–H and O–H groups in total. The molecular formula is C18H23NO2. The highest BCUT2D eigenvalue weighted by Gasteiger charge is 2.26. The maximum atomic E-state index is 6.65. The molecule has 0 aliphatic carbocycles. The first-order valence-electron chi connectivity index (χ1n) is 6.99. The second-order valence-electron chi connectivity index (χ2n) is 5.57. The van der Waals surface area contributed by atoms with Gasteiger partial charge in [0, 0.05) is 0 Å². The summed E-state index contributed by atoms with van der Waals surface area (Å²) in [5, 5.41) is 0. The van der Waals surface area contributed by atoms with Crippen LogP contribution in [0.4, 0.5) is 0 Å². The molecule has 2 rings (SSSR count). The van der Waals surface area contributed by atoms with Crippen LogP contribution in [0.15, 0.2) is 36.4 Å². The summed E-state index contributed by atoms with van der Waals surface area (Å²) in [6.07, 6.45) is 0. The van der Waals surface area contributed by atoms with Crippen LogP contribution in [0.1, 0.15) is 29.2 Å². The molecule has 0 fully saturated rings. The van der Waals surface area contributed by atoms with Gasteiger partial charge in [-0.3, -0.25) is 0 Å². The van der Waals surface area contributed by atoms with Gasteiger partial charge in [-0.2, -0.15) is 0 Å². The van der Waals surface area contributed by atoms with Crippen LogP contribution in [0.5, 0.6) is 11.5 Å². The minimum absolute atomic E-state index is 0.588. The van der Waals surface area contributed by atoms with Gasteiger partial charge in [-0.1, -0.05) is 12.1 Å². The summed E-state index contributed by atoms with van der Waals surface area (Å²) in [6.45, 7) is 6.11. The van der Waals surface area contributed by atoms with Gasteiger partial charge < -0.3 is 15.2 Å². The van der Waals surface area contributed by atoms with Crippen LogP contribution in [-0.2, 0) is 5.54 Å². The lowest BCUT2D eigenvalue weighted by molar-refractivity contribution is 0.410. The normalized spacial score (nSPS) is 13.6. The molecule has 0 amide bonds. The second-order valence-corrected chi connectivity index (χ2v) is 5.57. The first-order valence-corrected chi connectivity index (χ1v) is 6.99. The van der Waals surface area contributed by atoms with Crippen LogP contribution in [0.2, 0.25) is 0 Å². The number of ether oxygens (including phenoxy) is 2. The smallest absolute Gasteiger partial charge is 0.122 e. The fourth-order valence-electron chi connectivity index (χ4n) is 2.67. The lowest BCUT2D eigenvalue weighted by Gasteiger charge is -2.29. The highest BCUT2D eigenvalue weighted by Crippen LogP contribution is 2.34. The summed E-state index contributed by atoms with van der Waals surface area (Å²) >= 11 is 0. The zero-order valence-electron chi connectivity index (χ0n) is 13.4. The number of nitrogens with two attached hydrogens (primary N) is 1. The summed E-state index contributed by atoms with van der Waals surface area (Å²) in [7, 11) is 3.35. The molecule has 0 saturated carbocycles. The molecule has 0 aliphatic heterocycles. The topological polar surface area (TPSA) is 44.5 Å².